The summed E-state index contributed by atoms with van der Waals surface area (Å²) in [6, 6.07) is 0. The van der Waals surface area contributed by atoms with Crippen molar-refractivity contribution in [1.29, 1.82) is 0 Å². The number of hydrogen-bond donors (Lipinski definition) is 2. The van der Waals surface area contributed by atoms with E-state index in [1.807, 2.05) is 13.8 Å². The van der Waals surface area contributed by atoms with E-state index < -0.39 is 15.8 Å². The number of carbonyl (C=O) groups excluding carboxylic acids is 1. The van der Waals surface area contributed by atoms with Gasteiger partial charge < -0.3 is 10.4 Å². The lowest BCUT2D eigenvalue weighted by molar-refractivity contribution is -0.138. The van der Waals surface area contributed by atoms with Gasteiger partial charge in [-0.25, -0.2) is 8.42 Å². The highest BCUT2D eigenvalue weighted by Gasteiger charge is 2.29. The fourth-order valence-corrected chi connectivity index (χ4v) is 4.64. The van der Waals surface area contributed by atoms with Crippen LogP contribution in [0.3, 0.4) is 0 Å². The molecule has 1 aliphatic rings. The van der Waals surface area contributed by atoms with E-state index in [0.29, 0.717) is 18.9 Å². The Kier molecular flexibility index (Phi) is 6.64. The van der Waals surface area contributed by atoms with Crippen LogP contribution in [-0.2, 0) is 19.4 Å². The van der Waals surface area contributed by atoms with E-state index in [9.17, 15) is 18.0 Å². The minimum Gasteiger partial charge on any atom is -0.481 e. The van der Waals surface area contributed by atoms with Crippen molar-refractivity contribution in [3.63, 3.8) is 0 Å². The van der Waals surface area contributed by atoms with E-state index in [2.05, 4.69) is 5.32 Å². The molecule has 1 saturated heterocycles. The minimum absolute atomic E-state index is 0.0380. The highest BCUT2D eigenvalue weighted by molar-refractivity contribution is 7.91. The van der Waals surface area contributed by atoms with Crippen molar-refractivity contribution >= 4 is 21.7 Å². The third-order valence-corrected chi connectivity index (χ3v) is 5.49. The molecular formula is C14H25NO5S. The molecule has 1 fully saturated rings. The molecule has 6 nitrogen and oxygen atoms in total. The lowest BCUT2D eigenvalue weighted by Gasteiger charge is -2.18. The molecule has 2 atom stereocenters. The number of carboxylic acids is 1. The maximum absolute atomic E-state index is 11.8. The minimum atomic E-state index is -2.96. The van der Waals surface area contributed by atoms with Gasteiger partial charge in [-0.05, 0) is 30.6 Å². The van der Waals surface area contributed by atoms with E-state index in [0.717, 1.165) is 6.42 Å². The topological polar surface area (TPSA) is 101 Å². The standard InChI is InChI=1S/C14H25NO5S/c1-10(2)5-12(7-14(17)18)8-15-13(16)6-11-3-4-21(19,20)9-11/h10-12H,3-9H2,1-2H3,(H,15,16)(H,17,18)/t11?,12-/m0/s1. The number of nitrogens with one attached hydrogen (secondary N) is 1. The molecule has 7 heteroatoms. The lowest BCUT2D eigenvalue weighted by Crippen LogP contribution is -2.32. The van der Waals surface area contributed by atoms with Crippen LogP contribution >= 0.6 is 0 Å². The summed E-state index contributed by atoms with van der Waals surface area (Å²) < 4.78 is 22.7. The third kappa shape index (κ3) is 7.45. The van der Waals surface area contributed by atoms with Crippen LogP contribution in [0, 0.1) is 17.8 Å². The molecule has 1 unspecified atom stereocenters. The van der Waals surface area contributed by atoms with Crippen molar-refractivity contribution in [2.75, 3.05) is 18.1 Å². The zero-order valence-electron chi connectivity index (χ0n) is 12.7. The van der Waals surface area contributed by atoms with Gasteiger partial charge in [0.2, 0.25) is 5.91 Å². The van der Waals surface area contributed by atoms with Crippen LogP contribution in [0.2, 0.25) is 0 Å². The molecular weight excluding hydrogens is 294 g/mol. The molecule has 0 aromatic rings. The predicted molar refractivity (Wildman–Crippen MR) is 79.6 cm³/mol. The number of aliphatic carboxylic acids is 1. The van der Waals surface area contributed by atoms with Crippen LogP contribution in [-0.4, -0.2) is 43.5 Å². The summed E-state index contributed by atoms with van der Waals surface area (Å²) in [5.74, 6) is -0.610. The van der Waals surface area contributed by atoms with Crippen LogP contribution in [0.1, 0.15) is 39.5 Å². The molecule has 0 aliphatic carbocycles. The second-order valence-corrected chi connectivity index (χ2v) is 8.60. The maximum Gasteiger partial charge on any atom is 0.303 e. The third-order valence-electron chi connectivity index (χ3n) is 3.66. The zero-order chi connectivity index (χ0) is 16.0. The summed E-state index contributed by atoms with van der Waals surface area (Å²) in [7, 11) is -2.96. The molecule has 0 spiro atoms. The first kappa shape index (κ1) is 17.9. The van der Waals surface area contributed by atoms with Gasteiger partial charge in [0, 0.05) is 19.4 Å². The highest BCUT2D eigenvalue weighted by atomic mass is 32.2. The molecule has 21 heavy (non-hydrogen) atoms. The largest absolute Gasteiger partial charge is 0.481 e. The van der Waals surface area contributed by atoms with Gasteiger partial charge in [0.1, 0.15) is 0 Å². The average molecular weight is 319 g/mol. The number of amides is 1. The Morgan fingerprint density at radius 2 is 2.00 bits per heavy atom. The number of rotatable bonds is 8. The van der Waals surface area contributed by atoms with Crippen LogP contribution in [0.25, 0.3) is 0 Å². The van der Waals surface area contributed by atoms with Crippen LogP contribution in [0.5, 0.6) is 0 Å². The Morgan fingerprint density at radius 1 is 1.33 bits per heavy atom. The van der Waals surface area contributed by atoms with Gasteiger partial charge in [-0.15, -0.1) is 0 Å². The van der Waals surface area contributed by atoms with E-state index in [-0.39, 0.29) is 42.1 Å². The molecule has 0 aromatic carbocycles. The van der Waals surface area contributed by atoms with Gasteiger partial charge in [0.25, 0.3) is 0 Å². The Morgan fingerprint density at radius 3 is 2.48 bits per heavy atom. The first-order valence-corrected chi connectivity index (χ1v) is 9.19. The van der Waals surface area contributed by atoms with Gasteiger partial charge in [0.15, 0.2) is 9.84 Å². The summed E-state index contributed by atoms with van der Waals surface area (Å²) in [6.45, 7) is 4.36. The van der Waals surface area contributed by atoms with Gasteiger partial charge in [0.05, 0.1) is 11.5 Å². The first-order valence-electron chi connectivity index (χ1n) is 7.37. The molecule has 2 N–H and O–H groups in total. The Balaban J connectivity index is 2.37. The molecule has 0 bridgehead atoms. The normalized spacial score (nSPS) is 22.1. The fourth-order valence-electron chi connectivity index (χ4n) is 2.78. The summed E-state index contributed by atoms with van der Waals surface area (Å²) in [5, 5.41) is 11.6. The first-order chi connectivity index (χ1) is 9.68. The van der Waals surface area contributed by atoms with Crippen molar-refractivity contribution in [3.8, 4) is 0 Å². The Labute approximate surface area is 126 Å². The Bertz CT molecular complexity index is 472. The van der Waals surface area contributed by atoms with Gasteiger partial charge in [-0.2, -0.15) is 0 Å². The molecule has 0 radical (unpaired) electrons. The summed E-state index contributed by atoms with van der Waals surface area (Å²) in [5.41, 5.74) is 0. The van der Waals surface area contributed by atoms with E-state index in [1.54, 1.807) is 0 Å². The number of sulfone groups is 1. The summed E-state index contributed by atoms with van der Waals surface area (Å²) >= 11 is 0. The van der Waals surface area contributed by atoms with Gasteiger partial charge >= 0.3 is 5.97 Å². The van der Waals surface area contributed by atoms with Crippen LogP contribution in [0.4, 0.5) is 0 Å². The molecule has 122 valence electrons. The van der Waals surface area contributed by atoms with Crippen molar-refractivity contribution in [2.45, 2.75) is 39.5 Å². The average Bonchev–Trinajstić information content (AvgIpc) is 2.64. The van der Waals surface area contributed by atoms with Crippen LogP contribution in [0.15, 0.2) is 0 Å². The molecule has 0 saturated carbocycles. The van der Waals surface area contributed by atoms with Crippen molar-refractivity contribution in [2.24, 2.45) is 17.8 Å². The van der Waals surface area contributed by atoms with Crippen LogP contribution < -0.4 is 5.32 Å². The summed E-state index contributed by atoms with van der Waals surface area (Å²) in [6.07, 6.45) is 1.53. The number of carbonyl (C=O) groups is 2. The quantitative estimate of drug-likeness (QED) is 0.697. The van der Waals surface area contributed by atoms with Crippen molar-refractivity contribution < 1.29 is 23.1 Å². The smallest absolute Gasteiger partial charge is 0.303 e. The lowest BCUT2D eigenvalue weighted by atomic mass is 9.94. The molecule has 0 aromatic heterocycles. The van der Waals surface area contributed by atoms with E-state index in [1.165, 1.54) is 0 Å². The van der Waals surface area contributed by atoms with E-state index >= 15 is 0 Å². The van der Waals surface area contributed by atoms with E-state index in [4.69, 9.17) is 5.11 Å². The fraction of sp³-hybridized carbons (Fsp3) is 0.857. The second-order valence-electron chi connectivity index (χ2n) is 6.37. The predicted octanol–water partition coefficient (Wildman–Crippen LogP) is 1.06. The van der Waals surface area contributed by atoms with Crippen molar-refractivity contribution in [1.82, 2.24) is 5.32 Å². The Hall–Kier alpha value is -1.11. The maximum atomic E-state index is 11.8. The monoisotopic (exact) mass is 319 g/mol. The molecule has 1 heterocycles. The molecule has 1 aliphatic heterocycles. The van der Waals surface area contributed by atoms with Crippen molar-refractivity contribution in [3.05, 3.63) is 0 Å². The SMILES string of the molecule is CC(C)C[C@H](CNC(=O)CC1CCS(=O)(=O)C1)CC(=O)O. The zero-order valence-corrected chi connectivity index (χ0v) is 13.5. The van der Waals surface area contributed by atoms with Gasteiger partial charge in [-0.3, -0.25) is 9.59 Å². The second kappa shape index (κ2) is 7.77. The number of carboxylic acid groups (broad SMARTS) is 1. The molecule has 1 amide bonds. The summed E-state index contributed by atoms with van der Waals surface area (Å²) in [4.78, 5) is 22.6. The highest BCUT2D eigenvalue weighted by Crippen LogP contribution is 2.21. The van der Waals surface area contributed by atoms with Gasteiger partial charge in [-0.1, -0.05) is 13.8 Å². The number of hydrogen-bond acceptors (Lipinski definition) is 4. The molecule has 1 rings (SSSR count).